The van der Waals surface area contributed by atoms with Gasteiger partial charge >= 0.3 is 6.43 Å². The molecule has 0 spiro atoms. The maximum atomic E-state index is 13.4. The third-order valence-corrected chi connectivity index (χ3v) is 14.8. The highest BCUT2D eigenvalue weighted by molar-refractivity contribution is 7.93. The number of benzene rings is 4. The zero-order valence-electron chi connectivity index (χ0n) is 38.6. The topological polar surface area (TPSA) is 195 Å². The lowest BCUT2D eigenvalue weighted by Gasteiger charge is -2.36. The van der Waals surface area contributed by atoms with E-state index in [1.165, 1.54) is 20.7 Å². The molecule has 0 aliphatic carbocycles. The van der Waals surface area contributed by atoms with Crippen molar-refractivity contribution in [2.24, 2.45) is 5.73 Å². The SMILES string of the molecule is C[C@@H]1CN(CCS(=O)(=O)N(Cc2ccc(C(=O)CN)cc2)c2ccccc2)C[C@H](C)N1.C[C@@H]1CN(CCS(=O)(=O)N(Cc2ccc(C(=O)CNC(=O)C(F)F)cc2)c2ccccc2)C[C@H](C)N1. The molecule has 4 aromatic rings. The zero-order chi connectivity index (χ0) is 48.7. The second-order valence-corrected chi connectivity index (χ2v) is 21.3. The molecule has 6 rings (SSSR count). The molecule has 4 atom stereocenters. The molecule has 15 nitrogen and oxygen atoms in total. The van der Waals surface area contributed by atoms with Gasteiger partial charge in [-0.15, -0.1) is 0 Å². The quantitative estimate of drug-likeness (QED) is 0.0928. The summed E-state index contributed by atoms with van der Waals surface area (Å²) in [6, 6.07) is 32.4. The van der Waals surface area contributed by atoms with Crippen molar-refractivity contribution < 1.29 is 40.0 Å². The first-order valence-corrected chi connectivity index (χ1v) is 25.6. The van der Waals surface area contributed by atoms with Gasteiger partial charge in [0.15, 0.2) is 11.6 Å². The van der Waals surface area contributed by atoms with E-state index in [0.717, 1.165) is 31.7 Å². The van der Waals surface area contributed by atoms with Gasteiger partial charge in [-0.2, -0.15) is 8.78 Å². The second kappa shape index (κ2) is 24.7. The number of amides is 1. The van der Waals surface area contributed by atoms with Gasteiger partial charge in [0.2, 0.25) is 20.0 Å². The third-order valence-electron chi connectivity index (χ3n) is 11.4. The van der Waals surface area contributed by atoms with E-state index in [1.807, 2.05) is 29.6 Å². The van der Waals surface area contributed by atoms with E-state index in [0.29, 0.717) is 47.7 Å². The molecular weight excluding hydrogens is 903 g/mol. The normalized spacial score (nSPS) is 19.2. The number of nitrogens with one attached hydrogen (secondary N) is 3. The van der Waals surface area contributed by atoms with Crippen LogP contribution in [0.2, 0.25) is 0 Å². The number of hydrogen-bond acceptors (Lipinski definition) is 12. The van der Waals surface area contributed by atoms with Crippen molar-refractivity contribution in [3.05, 3.63) is 131 Å². The van der Waals surface area contributed by atoms with Gasteiger partial charge in [0.05, 0.1) is 49.1 Å². The minimum atomic E-state index is -3.67. The number of carbonyl (C=O) groups is 3. The molecule has 67 heavy (non-hydrogen) atoms. The smallest absolute Gasteiger partial charge is 0.315 e. The number of anilines is 2. The van der Waals surface area contributed by atoms with E-state index in [9.17, 15) is 40.0 Å². The van der Waals surface area contributed by atoms with E-state index >= 15 is 0 Å². The monoisotopic (exact) mass is 966 g/mol. The fourth-order valence-electron chi connectivity index (χ4n) is 8.23. The Morgan fingerprint density at radius 1 is 0.612 bits per heavy atom. The largest absolute Gasteiger partial charge is 0.344 e. The van der Waals surface area contributed by atoms with E-state index in [1.54, 1.807) is 72.8 Å². The van der Waals surface area contributed by atoms with Crippen molar-refractivity contribution >= 4 is 48.9 Å². The third kappa shape index (κ3) is 16.3. The van der Waals surface area contributed by atoms with Crippen molar-refractivity contribution in [2.45, 2.75) is 71.4 Å². The Morgan fingerprint density at radius 3 is 1.31 bits per heavy atom. The number of alkyl halides is 2. The van der Waals surface area contributed by atoms with Crippen LogP contribution < -0.4 is 30.3 Å². The lowest BCUT2D eigenvalue weighted by molar-refractivity contribution is -0.131. The fourth-order valence-corrected chi connectivity index (χ4v) is 11.2. The molecule has 19 heteroatoms. The van der Waals surface area contributed by atoms with Gasteiger partial charge < -0.3 is 21.7 Å². The number of hydrogen-bond donors (Lipinski definition) is 4. The second-order valence-electron chi connectivity index (χ2n) is 17.2. The Labute approximate surface area is 394 Å². The predicted molar refractivity (Wildman–Crippen MR) is 259 cm³/mol. The molecule has 0 radical (unpaired) electrons. The molecule has 0 bridgehead atoms. The van der Waals surface area contributed by atoms with E-state index in [4.69, 9.17) is 5.73 Å². The number of halogens is 2. The Balaban J connectivity index is 0.000000254. The molecule has 2 fully saturated rings. The van der Waals surface area contributed by atoms with Gasteiger partial charge in [-0.25, -0.2) is 16.8 Å². The van der Waals surface area contributed by atoms with Crippen LogP contribution >= 0.6 is 0 Å². The molecule has 0 aromatic heterocycles. The highest BCUT2D eigenvalue weighted by Gasteiger charge is 2.29. The minimum absolute atomic E-state index is 0.0399. The summed E-state index contributed by atoms with van der Waals surface area (Å²) in [5.74, 6) is -2.16. The van der Waals surface area contributed by atoms with Crippen molar-refractivity contribution in [3.8, 4) is 0 Å². The molecule has 5 N–H and O–H groups in total. The molecule has 0 saturated carbocycles. The maximum Gasteiger partial charge on any atom is 0.315 e. The van der Waals surface area contributed by atoms with Crippen LogP contribution in [0.4, 0.5) is 20.2 Å². The Morgan fingerprint density at radius 2 is 0.970 bits per heavy atom. The average molecular weight is 967 g/mol. The van der Waals surface area contributed by atoms with Crippen LogP contribution in [-0.4, -0.2) is 139 Å². The van der Waals surface area contributed by atoms with Gasteiger partial charge in [-0.3, -0.25) is 32.8 Å². The molecule has 2 saturated heterocycles. The predicted octanol–water partition coefficient (Wildman–Crippen LogP) is 4.12. The molecule has 0 unspecified atom stereocenters. The number of para-hydroxylation sites is 2. The Hall–Kier alpha value is -5.15. The zero-order valence-corrected chi connectivity index (χ0v) is 40.2. The summed E-state index contributed by atoms with van der Waals surface area (Å²) in [5.41, 5.74) is 8.81. The summed E-state index contributed by atoms with van der Waals surface area (Å²) in [7, 11) is -7.23. The first kappa shape index (κ1) is 52.8. The van der Waals surface area contributed by atoms with Crippen LogP contribution in [-0.2, 0) is 37.9 Å². The van der Waals surface area contributed by atoms with Crippen LogP contribution in [0.25, 0.3) is 0 Å². The first-order chi connectivity index (χ1) is 31.8. The number of nitrogens with zero attached hydrogens (tertiary/aromatic N) is 4. The summed E-state index contributed by atoms with van der Waals surface area (Å²) in [6.07, 6.45) is -3.19. The summed E-state index contributed by atoms with van der Waals surface area (Å²) in [5, 5.41) is 8.79. The number of nitrogens with two attached hydrogens (primary N) is 1. The van der Waals surface area contributed by atoms with Gasteiger partial charge in [-0.05, 0) is 63.1 Å². The van der Waals surface area contributed by atoms with Gasteiger partial charge in [0.1, 0.15) is 0 Å². The van der Waals surface area contributed by atoms with Crippen molar-refractivity contribution in [1.29, 1.82) is 0 Å². The summed E-state index contributed by atoms with van der Waals surface area (Å²) >= 11 is 0. The number of piperazine rings is 2. The number of ketones is 2. The van der Waals surface area contributed by atoms with Gasteiger partial charge in [0.25, 0.3) is 5.91 Å². The Kier molecular flexibility index (Phi) is 19.5. The average Bonchev–Trinajstić information content (AvgIpc) is 3.30. The highest BCUT2D eigenvalue weighted by Crippen LogP contribution is 2.24. The molecular formula is C48H64F2N8O7S2. The summed E-state index contributed by atoms with van der Waals surface area (Å²) in [6.45, 7) is 12.2. The first-order valence-electron chi connectivity index (χ1n) is 22.4. The van der Waals surface area contributed by atoms with Crippen molar-refractivity contribution in [1.82, 2.24) is 25.8 Å². The van der Waals surface area contributed by atoms with E-state index in [-0.39, 0.29) is 54.6 Å². The molecule has 364 valence electrons. The number of rotatable bonds is 20. The molecule has 2 heterocycles. The van der Waals surface area contributed by atoms with Gasteiger partial charge in [0, 0.05) is 74.6 Å². The van der Waals surface area contributed by atoms with Crippen LogP contribution in [0.5, 0.6) is 0 Å². The fraction of sp³-hybridized carbons (Fsp3) is 0.438. The summed E-state index contributed by atoms with van der Waals surface area (Å²) in [4.78, 5) is 39.3. The molecule has 2 aliphatic heterocycles. The molecule has 1 amide bonds. The van der Waals surface area contributed by atoms with E-state index in [2.05, 4.69) is 48.1 Å². The van der Waals surface area contributed by atoms with Crippen LogP contribution in [0.3, 0.4) is 0 Å². The molecule has 4 aromatic carbocycles. The lowest BCUT2D eigenvalue weighted by atomic mass is 10.1. The minimum Gasteiger partial charge on any atom is -0.344 e. The van der Waals surface area contributed by atoms with Crippen molar-refractivity contribution in [2.75, 3.05) is 72.5 Å². The van der Waals surface area contributed by atoms with E-state index < -0.39 is 44.7 Å². The van der Waals surface area contributed by atoms with Crippen molar-refractivity contribution in [3.63, 3.8) is 0 Å². The summed E-state index contributed by atoms with van der Waals surface area (Å²) < 4.78 is 81.1. The number of Topliss-reactive ketones (excluding diaryl/α,β-unsaturated/α-hetero) is 2. The molecule has 2 aliphatic rings. The van der Waals surface area contributed by atoms with Gasteiger partial charge in [-0.1, -0.05) is 84.9 Å². The van der Waals surface area contributed by atoms with Crippen LogP contribution in [0, 0.1) is 0 Å². The number of sulfonamides is 2. The van der Waals surface area contributed by atoms with Crippen LogP contribution in [0.1, 0.15) is 59.5 Å². The lowest BCUT2D eigenvalue weighted by Crippen LogP contribution is -2.55. The van der Waals surface area contributed by atoms with Crippen LogP contribution in [0.15, 0.2) is 109 Å². The Bertz CT molecular complexity index is 2420. The standard InChI is InChI=1S/C25H32F2N4O4S.C23H32N4O3S/c1-18-15-30(16-19(2)29-18)12-13-36(34,35)31(22-6-4-3-5-7-22)17-20-8-10-21(11-9-20)23(32)14-28-25(33)24(26)27;1-18-15-26(16-19(2)25-18)12-13-31(29,30)27(22-6-4-3-5-7-22)17-20-8-10-21(11-9-20)23(28)14-24/h3-11,18-19,24,29H,12-17H2,1-2H3,(H,28,33);3-11,18-19,25H,12-17,24H2,1-2H3/t2*18-,19+. The number of carbonyl (C=O) groups excluding carboxylic acids is 3. The highest BCUT2D eigenvalue weighted by atomic mass is 32.2. The maximum absolute atomic E-state index is 13.4.